The molecule has 0 radical (unpaired) electrons. The lowest BCUT2D eigenvalue weighted by Crippen LogP contribution is -2.53. The smallest absolute Gasteiger partial charge is 0.251 e. The van der Waals surface area contributed by atoms with E-state index in [0.29, 0.717) is 11.5 Å². The molecule has 1 aliphatic carbocycles. The molecular weight excluding hydrogens is 311 g/mol. The second kappa shape index (κ2) is 6.42. The molecule has 0 aliphatic heterocycles. The summed E-state index contributed by atoms with van der Waals surface area (Å²) in [7, 11) is 0. The van der Waals surface area contributed by atoms with Crippen LogP contribution in [0, 0.1) is 5.92 Å². The normalized spacial score (nSPS) is 25.6. The van der Waals surface area contributed by atoms with Crippen molar-refractivity contribution in [2.45, 2.75) is 38.1 Å². The van der Waals surface area contributed by atoms with Crippen molar-refractivity contribution >= 4 is 34.8 Å². The van der Waals surface area contributed by atoms with Gasteiger partial charge in [-0.25, -0.2) is 0 Å². The fourth-order valence-corrected chi connectivity index (χ4v) is 3.03. The number of nitrogens with one attached hydrogen (secondary N) is 1. The van der Waals surface area contributed by atoms with E-state index in [2.05, 4.69) is 12.2 Å². The Morgan fingerprint density at radius 3 is 2.57 bits per heavy atom. The van der Waals surface area contributed by atoms with Crippen LogP contribution in [0.15, 0.2) is 12.1 Å². The maximum atomic E-state index is 12.4. The van der Waals surface area contributed by atoms with Crippen molar-refractivity contribution in [2.75, 3.05) is 12.3 Å². The second-order valence-electron chi connectivity index (χ2n) is 5.94. The molecule has 0 bridgehead atoms. The molecule has 1 aliphatic rings. The largest absolute Gasteiger partial charge is 0.397 e. The molecule has 0 aromatic heterocycles. The number of halogens is 2. The van der Waals surface area contributed by atoms with Gasteiger partial charge in [-0.3, -0.25) is 4.79 Å². The average molecular weight is 331 g/mol. The van der Waals surface area contributed by atoms with Crippen LogP contribution >= 0.6 is 23.2 Å². The Kier molecular flexibility index (Phi) is 5.02. The van der Waals surface area contributed by atoms with Gasteiger partial charge in [-0.05, 0) is 43.7 Å². The number of nitrogen functional groups attached to an aromatic ring is 1. The van der Waals surface area contributed by atoms with Crippen molar-refractivity contribution in [2.24, 2.45) is 5.92 Å². The molecule has 21 heavy (non-hydrogen) atoms. The van der Waals surface area contributed by atoms with E-state index in [1.54, 1.807) is 0 Å². The van der Waals surface area contributed by atoms with Crippen LogP contribution < -0.4 is 11.1 Å². The van der Waals surface area contributed by atoms with E-state index in [4.69, 9.17) is 28.9 Å². The summed E-state index contributed by atoms with van der Waals surface area (Å²) in [5, 5.41) is 13.1. The van der Waals surface area contributed by atoms with Gasteiger partial charge in [-0.2, -0.15) is 0 Å². The molecule has 0 heterocycles. The molecule has 4 nitrogen and oxygen atoms in total. The first-order valence-corrected chi connectivity index (χ1v) is 7.80. The van der Waals surface area contributed by atoms with Crippen LogP contribution in [-0.2, 0) is 0 Å². The summed E-state index contributed by atoms with van der Waals surface area (Å²) in [6.07, 6.45) is 3.52. The molecule has 1 aromatic rings. The van der Waals surface area contributed by atoms with Crippen molar-refractivity contribution < 1.29 is 9.90 Å². The van der Waals surface area contributed by atoms with E-state index in [0.717, 1.165) is 25.7 Å². The van der Waals surface area contributed by atoms with Crippen LogP contribution in [0.4, 0.5) is 5.69 Å². The highest BCUT2D eigenvalue weighted by Gasteiger charge is 2.35. The zero-order valence-corrected chi connectivity index (χ0v) is 13.5. The first kappa shape index (κ1) is 16.4. The van der Waals surface area contributed by atoms with Crippen LogP contribution in [0.1, 0.15) is 43.0 Å². The molecule has 0 saturated heterocycles. The average Bonchev–Trinajstić information content (AvgIpc) is 2.47. The Morgan fingerprint density at radius 1 is 1.43 bits per heavy atom. The maximum Gasteiger partial charge on any atom is 0.251 e. The van der Waals surface area contributed by atoms with Crippen molar-refractivity contribution in [1.29, 1.82) is 0 Å². The number of nitrogens with two attached hydrogens (primary N) is 1. The monoisotopic (exact) mass is 330 g/mol. The molecule has 4 N–H and O–H groups in total. The Bertz CT molecular complexity index is 517. The summed E-state index contributed by atoms with van der Waals surface area (Å²) < 4.78 is 0. The van der Waals surface area contributed by atoms with Gasteiger partial charge in [0.2, 0.25) is 0 Å². The Hall–Kier alpha value is -0.970. The standard InChI is InChI=1S/C15H20Cl2N2O2/c1-9-2-4-15(8-20,5-3-9)19-14(21)10-6-11(16)13(17)12(18)7-10/h6-7,9,20H,2-5,8,18H2,1H3,(H,19,21). The molecule has 2 rings (SSSR count). The number of aliphatic hydroxyl groups excluding tert-OH is 1. The van der Waals surface area contributed by atoms with Gasteiger partial charge in [0.15, 0.2) is 0 Å². The second-order valence-corrected chi connectivity index (χ2v) is 6.72. The summed E-state index contributed by atoms with van der Waals surface area (Å²) >= 11 is 11.8. The van der Waals surface area contributed by atoms with Crippen molar-refractivity contribution in [3.8, 4) is 0 Å². The number of rotatable bonds is 3. The molecule has 0 spiro atoms. The third-order valence-electron chi connectivity index (χ3n) is 4.23. The summed E-state index contributed by atoms with van der Waals surface area (Å²) in [5.41, 5.74) is 5.80. The lowest BCUT2D eigenvalue weighted by molar-refractivity contribution is 0.0717. The van der Waals surface area contributed by atoms with E-state index in [1.165, 1.54) is 12.1 Å². The maximum absolute atomic E-state index is 12.4. The van der Waals surface area contributed by atoms with Crippen LogP contribution in [0.3, 0.4) is 0 Å². The highest BCUT2D eigenvalue weighted by Crippen LogP contribution is 2.33. The van der Waals surface area contributed by atoms with Crippen LogP contribution in [-0.4, -0.2) is 23.2 Å². The zero-order chi connectivity index (χ0) is 15.6. The summed E-state index contributed by atoms with van der Waals surface area (Å²) in [4.78, 5) is 12.4. The number of hydrogen-bond acceptors (Lipinski definition) is 3. The summed E-state index contributed by atoms with van der Waals surface area (Å²) in [6, 6.07) is 2.99. The van der Waals surface area contributed by atoms with Crippen molar-refractivity contribution in [3.05, 3.63) is 27.7 Å². The number of aliphatic hydroxyl groups is 1. The molecule has 1 amide bonds. The first-order valence-electron chi connectivity index (χ1n) is 7.05. The molecule has 116 valence electrons. The Balaban J connectivity index is 2.17. The van der Waals surface area contributed by atoms with Gasteiger partial charge in [0.25, 0.3) is 5.91 Å². The summed E-state index contributed by atoms with van der Waals surface area (Å²) in [5.74, 6) is 0.339. The van der Waals surface area contributed by atoms with Crippen molar-refractivity contribution in [3.63, 3.8) is 0 Å². The lowest BCUT2D eigenvalue weighted by atomic mass is 9.77. The number of amides is 1. The minimum absolute atomic E-state index is 0.0672. The van der Waals surface area contributed by atoms with Gasteiger partial charge in [-0.15, -0.1) is 0 Å². The molecule has 6 heteroatoms. The van der Waals surface area contributed by atoms with Crippen LogP contribution in [0.2, 0.25) is 10.0 Å². The topological polar surface area (TPSA) is 75.3 Å². The van der Waals surface area contributed by atoms with E-state index in [1.807, 2.05) is 0 Å². The molecular formula is C15H20Cl2N2O2. The number of carbonyl (C=O) groups is 1. The highest BCUT2D eigenvalue weighted by molar-refractivity contribution is 6.43. The zero-order valence-electron chi connectivity index (χ0n) is 12.0. The molecule has 1 fully saturated rings. The number of benzene rings is 1. The predicted molar refractivity (Wildman–Crippen MR) is 85.8 cm³/mol. The van der Waals surface area contributed by atoms with E-state index >= 15 is 0 Å². The fourth-order valence-electron chi connectivity index (χ4n) is 2.69. The van der Waals surface area contributed by atoms with E-state index in [9.17, 15) is 9.90 Å². The third-order valence-corrected chi connectivity index (χ3v) is 5.05. The quantitative estimate of drug-likeness (QED) is 0.744. The van der Waals surface area contributed by atoms with Gasteiger partial charge >= 0.3 is 0 Å². The third kappa shape index (κ3) is 3.62. The molecule has 0 atom stereocenters. The van der Waals surface area contributed by atoms with Gasteiger partial charge < -0.3 is 16.2 Å². The van der Waals surface area contributed by atoms with Crippen LogP contribution in [0.25, 0.3) is 0 Å². The van der Waals surface area contributed by atoms with E-state index in [-0.39, 0.29) is 28.2 Å². The fraction of sp³-hybridized carbons (Fsp3) is 0.533. The number of hydrogen-bond donors (Lipinski definition) is 3. The lowest BCUT2D eigenvalue weighted by Gasteiger charge is -2.38. The van der Waals surface area contributed by atoms with Crippen molar-refractivity contribution in [1.82, 2.24) is 5.32 Å². The Morgan fingerprint density at radius 2 is 2.05 bits per heavy atom. The molecule has 1 saturated carbocycles. The van der Waals surface area contributed by atoms with E-state index < -0.39 is 5.54 Å². The van der Waals surface area contributed by atoms with Gasteiger partial charge in [0, 0.05) is 5.56 Å². The molecule has 0 unspecified atom stereocenters. The SMILES string of the molecule is CC1CCC(CO)(NC(=O)c2cc(N)c(Cl)c(Cl)c2)CC1. The minimum Gasteiger partial charge on any atom is -0.397 e. The van der Waals surface area contributed by atoms with Crippen LogP contribution in [0.5, 0.6) is 0 Å². The summed E-state index contributed by atoms with van der Waals surface area (Å²) in [6.45, 7) is 2.12. The number of anilines is 1. The predicted octanol–water partition coefficient (Wildman–Crippen LogP) is 3.25. The van der Waals surface area contributed by atoms with Gasteiger partial charge in [-0.1, -0.05) is 30.1 Å². The first-order chi connectivity index (χ1) is 9.87. The molecule has 1 aromatic carbocycles. The number of carbonyl (C=O) groups excluding carboxylic acids is 1. The Labute approximate surface area is 134 Å². The van der Waals surface area contributed by atoms with Gasteiger partial charge in [0.05, 0.1) is 27.9 Å². The minimum atomic E-state index is -0.551. The highest BCUT2D eigenvalue weighted by atomic mass is 35.5. The van der Waals surface area contributed by atoms with Gasteiger partial charge in [0.1, 0.15) is 0 Å².